The summed E-state index contributed by atoms with van der Waals surface area (Å²) in [6.45, 7) is 0. The third-order valence-corrected chi connectivity index (χ3v) is 3.27. The van der Waals surface area contributed by atoms with Gasteiger partial charge in [0, 0.05) is 5.02 Å². The van der Waals surface area contributed by atoms with E-state index < -0.39 is 10.1 Å². The standard InChI is InChI=1S/C9H11ClO3S/c1-13-14(11,12)7-6-8-2-4-9(10)5-3-8/h2-5H,6-7H2,1H3. The average molecular weight is 235 g/mol. The maximum absolute atomic E-state index is 11.0. The van der Waals surface area contributed by atoms with Crippen LogP contribution in [0.2, 0.25) is 5.02 Å². The Morgan fingerprint density at radius 2 is 1.86 bits per heavy atom. The van der Waals surface area contributed by atoms with Gasteiger partial charge in [0.2, 0.25) is 0 Å². The average Bonchev–Trinajstić information content (AvgIpc) is 2.17. The van der Waals surface area contributed by atoms with Crippen molar-refractivity contribution in [1.82, 2.24) is 0 Å². The van der Waals surface area contributed by atoms with Crippen LogP contribution in [-0.2, 0) is 20.7 Å². The molecule has 78 valence electrons. The zero-order valence-corrected chi connectivity index (χ0v) is 9.31. The molecule has 0 unspecified atom stereocenters. The molecule has 1 aromatic rings. The number of rotatable bonds is 4. The molecule has 0 saturated carbocycles. The van der Waals surface area contributed by atoms with Gasteiger partial charge in [-0.25, -0.2) is 0 Å². The molecular formula is C9H11ClO3S. The molecule has 1 rings (SSSR count). The van der Waals surface area contributed by atoms with Crippen LogP contribution in [0, 0.1) is 0 Å². The molecule has 0 aromatic heterocycles. The fourth-order valence-electron chi connectivity index (χ4n) is 0.977. The molecule has 0 bridgehead atoms. The van der Waals surface area contributed by atoms with Crippen molar-refractivity contribution in [2.75, 3.05) is 12.9 Å². The van der Waals surface area contributed by atoms with Gasteiger partial charge in [-0.3, -0.25) is 4.18 Å². The Bertz CT molecular complexity index is 383. The molecular weight excluding hydrogens is 224 g/mol. The van der Waals surface area contributed by atoms with Crippen molar-refractivity contribution in [3.8, 4) is 0 Å². The van der Waals surface area contributed by atoms with Crippen molar-refractivity contribution >= 4 is 21.7 Å². The first-order valence-corrected chi connectivity index (χ1v) is 6.02. The summed E-state index contributed by atoms with van der Waals surface area (Å²) in [4.78, 5) is 0. The summed E-state index contributed by atoms with van der Waals surface area (Å²) < 4.78 is 26.3. The molecule has 0 aliphatic carbocycles. The molecule has 0 atom stereocenters. The first-order chi connectivity index (χ1) is 6.53. The predicted octanol–water partition coefficient (Wildman–Crippen LogP) is 1.86. The summed E-state index contributed by atoms with van der Waals surface area (Å²) in [5.74, 6) is -0.00880. The highest BCUT2D eigenvalue weighted by Gasteiger charge is 2.08. The van der Waals surface area contributed by atoms with Crippen molar-refractivity contribution in [1.29, 1.82) is 0 Å². The minimum absolute atomic E-state index is 0.00880. The SMILES string of the molecule is COS(=O)(=O)CCc1ccc(Cl)cc1. The minimum Gasteiger partial charge on any atom is -0.273 e. The maximum atomic E-state index is 11.0. The van der Waals surface area contributed by atoms with Crippen LogP contribution in [-0.4, -0.2) is 21.3 Å². The smallest absolute Gasteiger partial charge is 0.267 e. The number of hydrogen-bond donors (Lipinski definition) is 0. The van der Waals surface area contributed by atoms with E-state index in [2.05, 4.69) is 4.18 Å². The highest BCUT2D eigenvalue weighted by Crippen LogP contribution is 2.10. The van der Waals surface area contributed by atoms with E-state index in [0.29, 0.717) is 11.4 Å². The Morgan fingerprint density at radius 1 is 1.29 bits per heavy atom. The van der Waals surface area contributed by atoms with Crippen molar-refractivity contribution in [2.45, 2.75) is 6.42 Å². The summed E-state index contributed by atoms with van der Waals surface area (Å²) in [6, 6.07) is 7.06. The number of benzene rings is 1. The van der Waals surface area contributed by atoms with Gasteiger partial charge in [-0.15, -0.1) is 0 Å². The molecule has 14 heavy (non-hydrogen) atoms. The van der Waals surface area contributed by atoms with Crippen LogP contribution in [0.25, 0.3) is 0 Å². The van der Waals surface area contributed by atoms with Crippen LogP contribution in [0.1, 0.15) is 5.56 Å². The van der Waals surface area contributed by atoms with E-state index >= 15 is 0 Å². The van der Waals surface area contributed by atoms with Gasteiger partial charge in [0.15, 0.2) is 0 Å². The highest BCUT2D eigenvalue weighted by molar-refractivity contribution is 7.86. The number of aryl methyl sites for hydroxylation is 1. The van der Waals surface area contributed by atoms with Gasteiger partial charge >= 0.3 is 0 Å². The zero-order valence-electron chi connectivity index (χ0n) is 7.73. The third-order valence-electron chi connectivity index (χ3n) is 1.81. The molecule has 0 amide bonds. The molecule has 5 heteroatoms. The second-order valence-electron chi connectivity index (χ2n) is 2.80. The van der Waals surface area contributed by atoms with Gasteiger partial charge in [-0.2, -0.15) is 8.42 Å². The van der Waals surface area contributed by atoms with Crippen LogP contribution in [0.15, 0.2) is 24.3 Å². The number of halogens is 1. The summed E-state index contributed by atoms with van der Waals surface area (Å²) in [5.41, 5.74) is 0.926. The summed E-state index contributed by atoms with van der Waals surface area (Å²) in [7, 11) is -2.20. The summed E-state index contributed by atoms with van der Waals surface area (Å²) >= 11 is 5.69. The molecule has 3 nitrogen and oxygen atoms in total. The van der Waals surface area contributed by atoms with E-state index in [1.807, 2.05) is 0 Å². The van der Waals surface area contributed by atoms with Crippen LogP contribution in [0.3, 0.4) is 0 Å². The first kappa shape index (κ1) is 11.5. The van der Waals surface area contributed by atoms with E-state index in [9.17, 15) is 8.42 Å². The van der Waals surface area contributed by atoms with Crippen LogP contribution < -0.4 is 0 Å². The summed E-state index contributed by atoms with van der Waals surface area (Å²) in [6.07, 6.45) is 0.438. The van der Waals surface area contributed by atoms with Crippen molar-refractivity contribution in [3.05, 3.63) is 34.9 Å². The second-order valence-corrected chi connectivity index (χ2v) is 5.10. The Kier molecular flexibility index (Phi) is 3.92. The fraction of sp³-hybridized carbons (Fsp3) is 0.333. The van der Waals surface area contributed by atoms with Gasteiger partial charge in [0.05, 0.1) is 12.9 Å². The van der Waals surface area contributed by atoms with Crippen molar-refractivity contribution in [2.24, 2.45) is 0 Å². The predicted molar refractivity (Wildman–Crippen MR) is 56.0 cm³/mol. The quantitative estimate of drug-likeness (QED) is 0.747. The molecule has 0 aliphatic rings. The van der Waals surface area contributed by atoms with Gasteiger partial charge in [-0.05, 0) is 24.1 Å². The van der Waals surface area contributed by atoms with Gasteiger partial charge in [0.25, 0.3) is 10.1 Å². The Balaban J connectivity index is 2.59. The molecule has 0 fully saturated rings. The zero-order chi connectivity index (χ0) is 10.6. The van der Waals surface area contributed by atoms with Crippen LogP contribution >= 0.6 is 11.6 Å². The monoisotopic (exact) mass is 234 g/mol. The van der Waals surface area contributed by atoms with E-state index in [4.69, 9.17) is 11.6 Å². The normalized spacial score (nSPS) is 11.6. The Hall–Kier alpha value is -0.580. The fourth-order valence-corrected chi connectivity index (χ4v) is 1.76. The van der Waals surface area contributed by atoms with Crippen molar-refractivity contribution in [3.63, 3.8) is 0 Å². The van der Waals surface area contributed by atoms with Crippen molar-refractivity contribution < 1.29 is 12.6 Å². The Labute approximate surface area is 88.8 Å². The third kappa shape index (κ3) is 3.65. The van der Waals surface area contributed by atoms with Gasteiger partial charge < -0.3 is 0 Å². The maximum Gasteiger partial charge on any atom is 0.267 e. The minimum atomic E-state index is -3.36. The molecule has 0 heterocycles. The van der Waals surface area contributed by atoms with Gasteiger partial charge in [-0.1, -0.05) is 23.7 Å². The number of hydrogen-bond acceptors (Lipinski definition) is 3. The van der Waals surface area contributed by atoms with Gasteiger partial charge in [0.1, 0.15) is 0 Å². The molecule has 0 spiro atoms. The van der Waals surface area contributed by atoms with E-state index in [1.165, 1.54) is 0 Å². The Morgan fingerprint density at radius 3 is 2.36 bits per heavy atom. The molecule has 0 aliphatic heterocycles. The lowest BCUT2D eigenvalue weighted by Gasteiger charge is -2.01. The van der Waals surface area contributed by atoms with E-state index in [0.717, 1.165) is 12.7 Å². The topological polar surface area (TPSA) is 43.4 Å². The highest BCUT2D eigenvalue weighted by atomic mass is 35.5. The van der Waals surface area contributed by atoms with Crippen LogP contribution in [0.5, 0.6) is 0 Å². The summed E-state index contributed by atoms with van der Waals surface area (Å²) in [5, 5.41) is 0.642. The van der Waals surface area contributed by atoms with E-state index in [1.54, 1.807) is 24.3 Å². The molecule has 0 saturated heterocycles. The molecule has 1 aromatic carbocycles. The lowest BCUT2D eigenvalue weighted by molar-refractivity contribution is 0.397. The lowest BCUT2D eigenvalue weighted by Crippen LogP contribution is -2.09. The molecule has 0 N–H and O–H groups in total. The first-order valence-electron chi connectivity index (χ1n) is 4.06. The second kappa shape index (κ2) is 4.77. The van der Waals surface area contributed by atoms with E-state index in [-0.39, 0.29) is 5.75 Å². The van der Waals surface area contributed by atoms with Crippen LogP contribution in [0.4, 0.5) is 0 Å². The largest absolute Gasteiger partial charge is 0.273 e. The lowest BCUT2D eigenvalue weighted by atomic mass is 10.2. The molecule has 0 radical (unpaired) electrons.